The van der Waals surface area contributed by atoms with Crippen LogP contribution in [0.1, 0.15) is 6.92 Å². The number of hydrogen-bond acceptors (Lipinski definition) is 1. The van der Waals surface area contributed by atoms with E-state index in [2.05, 4.69) is 0 Å². The van der Waals surface area contributed by atoms with Crippen LogP contribution in [0, 0.1) is 0 Å². The van der Waals surface area contributed by atoms with Crippen LogP contribution in [0.3, 0.4) is 0 Å². The molecule has 0 spiro atoms. The summed E-state index contributed by atoms with van der Waals surface area (Å²) >= 11 is 5.21. The first kappa shape index (κ1) is 5.99. The van der Waals surface area contributed by atoms with Crippen molar-refractivity contribution in [3.05, 3.63) is 11.1 Å². The summed E-state index contributed by atoms with van der Waals surface area (Å²) in [6, 6.07) is 0. The summed E-state index contributed by atoms with van der Waals surface area (Å²) in [6.45, 7) is 2.44. The number of halogens is 1. The SMILES string of the molecule is CC(=CCl)CN. The van der Waals surface area contributed by atoms with Crippen LogP contribution >= 0.6 is 11.6 Å². The minimum absolute atomic E-state index is 0.559. The van der Waals surface area contributed by atoms with Crippen LogP contribution in [0.25, 0.3) is 0 Å². The van der Waals surface area contributed by atoms with Gasteiger partial charge in [0.05, 0.1) is 0 Å². The zero-order chi connectivity index (χ0) is 4.99. The molecular formula is C4H8ClN. The van der Waals surface area contributed by atoms with Gasteiger partial charge < -0.3 is 5.73 Å². The van der Waals surface area contributed by atoms with E-state index in [-0.39, 0.29) is 0 Å². The summed E-state index contributed by atoms with van der Waals surface area (Å²) in [6.07, 6.45) is 0. The van der Waals surface area contributed by atoms with Crippen LogP contribution in [0.2, 0.25) is 0 Å². The summed E-state index contributed by atoms with van der Waals surface area (Å²) in [5.41, 5.74) is 7.63. The van der Waals surface area contributed by atoms with Crippen LogP contribution in [0.4, 0.5) is 0 Å². The maximum absolute atomic E-state index is 5.21. The van der Waals surface area contributed by atoms with Gasteiger partial charge in [0.15, 0.2) is 0 Å². The van der Waals surface area contributed by atoms with Gasteiger partial charge in [-0.05, 0) is 12.5 Å². The second-order valence-corrected chi connectivity index (χ2v) is 1.38. The molecule has 2 N–H and O–H groups in total. The average Bonchev–Trinajstić information content (AvgIpc) is 1.65. The second kappa shape index (κ2) is 3.19. The van der Waals surface area contributed by atoms with E-state index in [0.717, 1.165) is 5.57 Å². The quantitative estimate of drug-likeness (QED) is 0.531. The minimum Gasteiger partial charge on any atom is -0.327 e. The molecule has 2 heteroatoms. The summed E-state index contributed by atoms with van der Waals surface area (Å²) < 4.78 is 0. The molecule has 0 unspecified atom stereocenters. The van der Waals surface area contributed by atoms with Crippen molar-refractivity contribution < 1.29 is 0 Å². The van der Waals surface area contributed by atoms with Crippen LogP contribution in [-0.4, -0.2) is 6.54 Å². The maximum Gasteiger partial charge on any atom is 0.0145 e. The van der Waals surface area contributed by atoms with E-state index in [1.807, 2.05) is 6.92 Å². The molecule has 0 radical (unpaired) electrons. The standard InChI is InChI=1S/C4H8ClN/c1-4(2-5)3-6/h2H,3,6H2,1H3. The van der Waals surface area contributed by atoms with Crippen molar-refractivity contribution in [2.45, 2.75) is 6.92 Å². The maximum atomic E-state index is 5.21. The molecule has 0 saturated carbocycles. The van der Waals surface area contributed by atoms with Gasteiger partial charge in [-0.3, -0.25) is 0 Å². The van der Waals surface area contributed by atoms with E-state index < -0.39 is 0 Å². The Balaban J connectivity index is 3.22. The van der Waals surface area contributed by atoms with Gasteiger partial charge in [0.25, 0.3) is 0 Å². The Morgan fingerprint density at radius 3 is 2.50 bits per heavy atom. The molecule has 36 valence electrons. The van der Waals surface area contributed by atoms with Gasteiger partial charge in [-0.2, -0.15) is 0 Å². The third-order valence-corrected chi connectivity index (χ3v) is 0.881. The van der Waals surface area contributed by atoms with Crippen molar-refractivity contribution in [2.75, 3.05) is 6.54 Å². The number of hydrogen-bond donors (Lipinski definition) is 1. The highest BCUT2D eigenvalue weighted by molar-refractivity contribution is 6.25. The van der Waals surface area contributed by atoms with Gasteiger partial charge in [-0.1, -0.05) is 11.6 Å². The highest BCUT2D eigenvalue weighted by atomic mass is 35.5. The lowest BCUT2D eigenvalue weighted by molar-refractivity contribution is 1.14. The molecule has 0 bridgehead atoms. The van der Waals surface area contributed by atoms with Gasteiger partial charge in [-0.15, -0.1) is 0 Å². The Hall–Kier alpha value is -0.0100. The summed E-state index contributed by atoms with van der Waals surface area (Å²) in [7, 11) is 0. The zero-order valence-corrected chi connectivity index (χ0v) is 4.50. The third kappa shape index (κ3) is 2.24. The molecule has 0 aliphatic heterocycles. The highest BCUT2D eigenvalue weighted by Gasteiger charge is 1.74. The summed E-state index contributed by atoms with van der Waals surface area (Å²) in [5.74, 6) is 0. The van der Waals surface area contributed by atoms with Crippen LogP contribution in [0.15, 0.2) is 11.1 Å². The predicted octanol–water partition coefficient (Wildman–Crippen LogP) is 1.09. The fourth-order valence-electron chi connectivity index (χ4n) is 0.0445. The first-order chi connectivity index (χ1) is 2.81. The third-order valence-electron chi connectivity index (χ3n) is 0.508. The Bertz CT molecular complexity index is 58.6. The summed E-state index contributed by atoms with van der Waals surface area (Å²) in [4.78, 5) is 0. The smallest absolute Gasteiger partial charge is 0.0145 e. The molecule has 0 rings (SSSR count). The summed E-state index contributed by atoms with van der Waals surface area (Å²) in [5, 5.41) is 0. The minimum atomic E-state index is 0.559. The molecule has 0 aliphatic rings. The molecule has 0 heterocycles. The van der Waals surface area contributed by atoms with Gasteiger partial charge in [0, 0.05) is 12.1 Å². The van der Waals surface area contributed by atoms with Gasteiger partial charge in [0.1, 0.15) is 0 Å². The van der Waals surface area contributed by atoms with E-state index in [4.69, 9.17) is 17.3 Å². The van der Waals surface area contributed by atoms with Gasteiger partial charge >= 0.3 is 0 Å². The van der Waals surface area contributed by atoms with Crippen molar-refractivity contribution in [3.63, 3.8) is 0 Å². The molecular weight excluding hydrogens is 97.5 g/mol. The van der Waals surface area contributed by atoms with E-state index in [1.54, 1.807) is 0 Å². The Morgan fingerprint density at radius 2 is 2.50 bits per heavy atom. The first-order valence-corrected chi connectivity index (χ1v) is 2.21. The van der Waals surface area contributed by atoms with Crippen LogP contribution in [0.5, 0.6) is 0 Å². The van der Waals surface area contributed by atoms with Gasteiger partial charge in [0.2, 0.25) is 0 Å². The number of nitrogens with two attached hydrogens (primary N) is 1. The first-order valence-electron chi connectivity index (χ1n) is 1.77. The lowest BCUT2D eigenvalue weighted by Crippen LogP contribution is -1.98. The Labute approximate surface area is 42.8 Å². The van der Waals surface area contributed by atoms with E-state index >= 15 is 0 Å². The van der Waals surface area contributed by atoms with Crippen molar-refractivity contribution in [1.82, 2.24) is 0 Å². The zero-order valence-electron chi connectivity index (χ0n) is 3.74. The van der Waals surface area contributed by atoms with E-state index in [9.17, 15) is 0 Å². The largest absolute Gasteiger partial charge is 0.327 e. The van der Waals surface area contributed by atoms with E-state index in [1.165, 1.54) is 5.54 Å². The molecule has 0 aliphatic carbocycles. The van der Waals surface area contributed by atoms with Crippen molar-refractivity contribution >= 4 is 11.6 Å². The highest BCUT2D eigenvalue weighted by Crippen LogP contribution is 1.88. The average molecular weight is 106 g/mol. The van der Waals surface area contributed by atoms with Gasteiger partial charge in [-0.25, -0.2) is 0 Å². The van der Waals surface area contributed by atoms with Crippen molar-refractivity contribution in [2.24, 2.45) is 5.73 Å². The molecule has 6 heavy (non-hydrogen) atoms. The monoisotopic (exact) mass is 105 g/mol. The molecule has 0 saturated heterocycles. The fraction of sp³-hybridized carbons (Fsp3) is 0.500. The fourth-order valence-corrected chi connectivity index (χ4v) is 0.134. The Kier molecular flexibility index (Phi) is 3.19. The molecule has 0 aromatic carbocycles. The van der Waals surface area contributed by atoms with Crippen molar-refractivity contribution in [3.8, 4) is 0 Å². The topological polar surface area (TPSA) is 26.0 Å². The lowest BCUT2D eigenvalue weighted by atomic mass is 10.4. The molecule has 0 aromatic heterocycles. The van der Waals surface area contributed by atoms with Crippen LogP contribution < -0.4 is 5.73 Å². The van der Waals surface area contributed by atoms with Crippen LogP contribution in [-0.2, 0) is 0 Å². The molecule has 0 amide bonds. The normalized spacial score (nSPS) is 12.2. The molecule has 0 atom stereocenters. The predicted molar refractivity (Wildman–Crippen MR) is 28.7 cm³/mol. The molecule has 1 nitrogen and oxygen atoms in total. The van der Waals surface area contributed by atoms with E-state index in [0.29, 0.717) is 6.54 Å². The Morgan fingerprint density at radius 1 is 2.00 bits per heavy atom. The lowest BCUT2D eigenvalue weighted by Gasteiger charge is -1.84. The molecule has 0 aromatic rings. The van der Waals surface area contributed by atoms with Crippen molar-refractivity contribution in [1.29, 1.82) is 0 Å². The second-order valence-electron chi connectivity index (χ2n) is 1.16. The molecule has 0 fully saturated rings. The number of rotatable bonds is 1.